The summed E-state index contributed by atoms with van der Waals surface area (Å²) in [5, 5.41) is 2.25. The van der Waals surface area contributed by atoms with Gasteiger partial charge in [-0.2, -0.15) is 11.3 Å². The number of unbranched alkanes of at least 4 members (excludes halogenated alkanes) is 14. The van der Waals surface area contributed by atoms with Gasteiger partial charge in [-0.25, -0.2) is 0 Å². The first-order valence-corrected chi connectivity index (χ1v) is 16.6. The average molecular weight is 519 g/mol. The first-order chi connectivity index (χ1) is 17.3. The maximum atomic E-state index is 6.42. The Morgan fingerprint density at radius 2 is 1.08 bits per heavy atom. The van der Waals surface area contributed by atoms with Crippen LogP contribution in [0.25, 0.3) is 0 Å². The summed E-state index contributed by atoms with van der Waals surface area (Å²) in [5.41, 5.74) is 0.932. The molecule has 2 heterocycles. The van der Waals surface area contributed by atoms with Crippen molar-refractivity contribution in [1.82, 2.24) is 0 Å². The van der Waals surface area contributed by atoms with E-state index in [1.54, 1.807) is 0 Å². The molecular formula is C32H59BO2S. The predicted molar refractivity (Wildman–Crippen MR) is 162 cm³/mol. The van der Waals surface area contributed by atoms with Gasteiger partial charge >= 0.3 is 7.12 Å². The average Bonchev–Trinajstić information content (AvgIpc) is 3.37. The monoisotopic (exact) mass is 518 g/mol. The van der Waals surface area contributed by atoms with Crippen LogP contribution in [0.3, 0.4) is 0 Å². The van der Waals surface area contributed by atoms with Gasteiger partial charge in [0.25, 0.3) is 0 Å². The van der Waals surface area contributed by atoms with Crippen LogP contribution in [0.1, 0.15) is 163 Å². The van der Waals surface area contributed by atoms with Crippen LogP contribution in [-0.2, 0) is 15.7 Å². The molecular weight excluding hydrogens is 459 g/mol. The normalized spacial score (nSPS) is 17.7. The number of rotatable bonds is 21. The maximum absolute atomic E-state index is 6.42. The molecule has 1 aromatic rings. The highest BCUT2D eigenvalue weighted by molar-refractivity contribution is 7.21. The van der Waals surface area contributed by atoms with E-state index in [2.05, 4.69) is 53.0 Å². The molecule has 0 bridgehead atoms. The van der Waals surface area contributed by atoms with Gasteiger partial charge in [0.05, 0.1) is 11.2 Å². The van der Waals surface area contributed by atoms with Gasteiger partial charge in [0.15, 0.2) is 0 Å². The van der Waals surface area contributed by atoms with E-state index in [1.807, 2.05) is 11.3 Å². The summed E-state index contributed by atoms with van der Waals surface area (Å²) in [6.45, 7) is 13.2. The highest BCUT2D eigenvalue weighted by Crippen LogP contribution is 2.37. The zero-order valence-electron chi connectivity index (χ0n) is 25.0. The molecule has 208 valence electrons. The zero-order valence-corrected chi connectivity index (χ0v) is 25.8. The van der Waals surface area contributed by atoms with Crippen molar-refractivity contribution in [2.75, 3.05) is 0 Å². The molecule has 0 radical (unpaired) electrons. The molecule has 0 amide bonds. The third kappa shape index (κ3) is 11.2. The lowest BCUT2D eigenvalue weighted by Gasteiger charge is -2.32. The molecule has 1 aliphatic rings. The van der Waals surface area contributed by atoms with Crippen LogP contribution < -0.4 is 4.78 Å². The summed E-state index contributed by atoms with van der Waals surface area (Å²) in [7, 11) is -0.211. The van der Waals surface area contributed by atoms with E-state index in [1.165, 1.54) is 132 Å². The summed E-state index contributed by atoms with van der Waals surface area (Å²) >= 11 is 1.82. The van der Waals surface area contributed by atoms with Gasteiger partial charge in [-0.3, -0.25) is 0 Å². The summed E-state index contributed by atoms with van der Waals surface area (Å²) in [6, 6.07) is 2.35. The van der Waals surface area contributed by atoms with E-state index in [0.29, 0.717) is 0 Å². The Hall–Kier alpha value is -0.315. The number of hydrogen-bond acceptors (Lipinski definition) is 3. The molecule has 0 aromatic carbocycles. The Bertz CT molecular complexity index is 667. The second-order valence-corrected chi connectivity index (χ2v) is 13.4. The lowest BCUT2D eigenvalue weighted by atomic mass is 9.80. The standard InChI is InChI=1S/C32H59BO2S/c1-7-9-11-13-15-16-18-20-22-24-28(23-21-19-17-14-12-10-8-2)27-29-25-26-36-30(29)33-34-31(3,4)32(5,6)35-33/h25-26,28H,7-24,27H2,1-6H3. The van der Waals surface area contributed by atoms with E-state index in [9.17, 15) is 0 Å². The van der Waals surface area contributed by atoms with Crippen LogP contribution in [0.5, 0.6) is 0 Å². The van der Waals surface area contributed by atoms with Crippen LogP contribution in [-0.4, -0.2) is 18.3 Å². The molecule has 1 fully saturated rings. The van der Waals surface area contributed by atoms with E-state index in [-0.39, 0.29) is 18.3 Å². The Labute approximate surface area is 229 Å². The molecule has 1 aliphatic heterocycles. The molecule has 2 rings (SSSR count). The Balaban J connectivity index is 1.84. The molecule has 1 atom stereocenters. The van der Waals surface area contributed by atoms with Crippen LogP contribution >= 0.6 is 11.3 Å². The SMILES string of the molecule is CCCCCCCCCCCC(CCCCCCCCC)Cc1ccsc1B1OC(C)(C)C(C)(C)O1. The van der Waals surface area contributed by atoms with Crippen LogP contribution in [0.4, 0.5) is 0 Å². The van der Waals surface area contributed by atoms with Gasteiger partial charge in [0.2, 0.25) is 0 Å². The fourth-order valence-electron chi connectivity index (χ4n) is 5.47. The molecule has 2 nitrogen and oxygen atoms in total. The van der Waals surface area contributed by atoms with Gasteiger partial charge in [0.1, 0.15) is 0 Å². The van der Waals surface area contributed by atoms with Crippen molar-refractivity contribution < 1.29 is 9.31 Å². The minimum absolute atomic E-state index is 0.211. The fourth-order valence-corrected chi connectivity index (χ4v) is 6.36. The Morgan fingerprint density at radius 3 is 1.53 bits per heavy atom. The molecule has 1 aromatic heterocycles. The van der Waals surface area contributed by atoms with Crippen LogP contribution in [0, 0.1) is 5.92 Å². The number of thiophene rings is 1. The first kappa shape index (κ1) is 31.9. The molecule has 0 aliphatic carbocycles. The molecule has 0 saturated carbocycles. The van der Waals surface area contributed by atoms with Crippen molar-refractivity contribution >= 4 is 23.2 Å². The third-order valence-electron chi connectivity index (χ3n) is 8.69. The first-order valence-electron chi connectivity index (χ1n) is 15.7. The predicted octanol–water partition coefficient (Wildman–Crippen LogP) is 10.3. The van der Waals surface area contributed by atoms with Crippen LogP contribution in [0.15, 0.2) is 11.4 Å². The summed E-state index contributed by atoms with van der Waals surface area (Å²) < 4.78 is 14.2. The molecule has 1 unspecified atom stereocenters. The van der Waals surface area contributed by atoms with Crippen molar-refractivity contribution in [2.45, 2.75) is 175 Å². The minimum atomic E-state index is -0.271. The van der Waals surface area contributed by atoms with Crippen molar-refractivity contribution in [2.24, 2.45) is 5.92 Å². The quantitative estimate of drug-likeness (QED) is 0.119. The minimum Gasteiger partial charge on any atom is -0.399 e. The van der Waals surface area contributed by atoms with E-state index in [4.69, 9.17) is 9.31 Å². The molecule has 36 heavy (non-hydrogen) atoms. The van der Waals surface area contributed by atoms with Crippen molar-refractivity contribution in [3.63, 3.8) is 0 Å². The maximum Gasteiger partial charge on any atom is 0.505 e. The largest absolute Gasteiger partial charge is 0.505 e. The van der Waals surface area contributed by atoms with E-state index >= 15 is 0 Å². The van der Waals surface area contributed by atoms with Gasteiger partial charge < -0.3 is 9.31 Å². The smallest absolute Gasteiger partial charge is 0.399 e. The highest BCUT2D eigenvalue weighted by Gasteiger charge is 2.52. The van der Waals surface area contributed by atoms with Crippen molar-refractivity contribution in [1.29, 1.82) is 0 Å². The highest BCUT2D eigenvalue weighted by atomic mass is 32.1. The summed E-state index contributed by atoms with van der Waals surface area (Å²) in [5.74, 6) is 0.793. The Morgan fingerprint density at radius 1 is 0.667 bits per heavy atom. The van der Waals surface area contributed by atoms with Gasteiger partial charge in [-0.1, -0.05) is 129 Å². The second kappa shape index (κ2) is 17.3. The van der Waals surface area contributed by atoms with Crippen molar-refractivity contribution in [3.05, 3.63) is 17.0 Å². The Kier molecular flexibility index (Phi) is 15.3. The van der Waals surface area contributed by atoms with Crippen molar-refractivity contribution in [3.8, 4) is 0 Å². The van der Waals surface area contributed by atoms with E-state index in [0.717, 1.165) is 5.92 Å². The molecule has 4 heteroatoms. The number of hydrogen-bond donors (Lipinski definition) is 0. The fraction of sp³-hybridized carbons (Fsp3) is 0.875. The summed E-state index contributed by atoms with van der Waals surface area (Å²) in [6.07, 6.45) is 26.5. The third-order valence-corrected chi connectivity index (χ3v) is 9.67. The lowest BCUT2D eigenvalue weighted by Crippen LogP contribution is -2.41. The second-order valence-electron chi connectivity index (χ2n) is 12.5. The lowest BCUT2D eigenvalue weighted by molar-refractivity contribution is 0.00578. The molecule has 1 saturated heterocycles. The van der Waals surface area contributed by atoms with E-state index < -0.39 is 0 Å². The topological polar surface area (TPSA) is 18.5 Å². The molecule has 0 N–H and O–H groups in total. The summed E-state index contributed by atoms with van der Waals surface area (Å²) in [4.78, 5) is 0. The van der Waals surface area contributed by atoms with Crippen LogP contribution in [0.2, 0.25) is 0 Å². The van der Waals surface area contributed by atoms with Gasteiger partial charge in [-0.05, 0) is 57.0 Å². The zero-order chi connectivity index (χ0) is 26.3. The van der Waals surface area contributed by atoms with Gasteiger partial charge in [-0.15, -0.1) is 0 Å². The van der Waals surface area contributed by atoms with Gasteiger partial charge in [0, 0.05) is 4.78 Å². The molecule has 0 spiro atoms.